The van der Waals surface area contributed by atoms with Gasteiger partial charge in [0.2, 0.25) is 5.65 Å². The fraction of sp³-hybridized carbons (Fsp3) is 0.714. The first-order chi connectivity index (χ1) is 10.7. The third-order valence-corrected chi connectivity index (χ3v) is 3.80. The van der Waals surface area contributed by atoms with Gasteiger partial charge in [-0.15, -0.1) is 5.10 Å². The smallest absolute Gasteiger partial charge is 0.266 e. The van der Waals surface area contributed by atoms with E-state index in [0.29, 0.717) is 22.8 Å². The number of nitrogens with zero attached hydrogens (tertiary/aromatic N) is 6. The van der Waals surface area contributed by atoms with Gasteiger partial charge in [-0.1, -0.05) is 26.0 Å². The second kappa shape index (κ2) is 5.33. The molecule has 23 heavy (non-hydrogen) atoms. The van der Waals surface area contributed by atoms with Gasteiger partial charge >= 0.3 is 0 Å². The predicted molar refractivity (Wildman–Crippen MR) is 80.7 cm³/mol. The molecule has 0 aromatic carbocycles. The fourth-order valence-electron chi connectivity index (χ4n) is 2.60. The molecule has 0 amide bonds. The molecule has 1 fully saturated rings. The Balaban J connectivity index is 2.17. The lowest BCUT2D eigenvalue weighted by Gasteiger charge is -2.22. The van der Waals surface area contributed by atoms with Crippen molar-refractivity contribution in [3.63, 3.8) is 0 Å². The summed E-state index contributed by atoms with van der Waals surface area (Å²) in [6.45, 7) is 5.78. The summed E-state index contributed by atoms with van der Waals surface area (Å²) in [6, 6.07) is 0. The van der Waals surface area contributed by atoms with Crippen LogP contribution < -0.4 is 4.90 Å². The summed E-state index contributed by atoms with van der Waals surface area (Å²) in [5.74, 6) is -1.78. The molecule has 0 spiro atoms. The number of aliphatic hydroxyl groups is 1. The molecule has 3 rings (SSSR count). The first kappa shape index (κ1) is 16.0. The molecule has 126 valence electrons. The highest BCUT2D eigenvalue weighted by atomic mass is 19.3. The monoisotopic (exact) mass is 326 g/mol. The maximum absolute atomic E-state index is 13.6. The summed E-state index contributed by atoms with van der Waals surface area (Å²) in [5, 5.41) is 17.1. The van der Waals surface area contributed by atoms with Gasteiger partial charge in [0.05, 0.1) is 19.7 Å². The highest BCUT2D eigenvalue weighted by Crippen LogP contribution is 2.34. The third-order valence-electron chi connectivity index (χ3n) is 3.80. The Bertz CT molecular complexity index is 724. The van der Waals surface area contributed by atoms with Crippen molar-refractivity contribution in [1.29, 1.82) is 0 Å². The van der Waals surface area contributed by atoms with Crippen LogP contribution in [0.2, 0.25) is 0 Å². The number of fused-ring (bicyclic) bond motifs is 1. The summed E-state index contributed by atoms with van der Waals surface area (Å²) in [7, 11) is 0. The standard InChI is InChI=1S/C14H20F2N6O/c1-13(2,3)12-17-10-9(22(6-7-23)20-19-10)11(18-12)21-5-4-14(15,16)8-21/h23H,4-8H2,1-3H3. The molecule has 1 N–H and O–H groups in total. The van der Waals surface area contributed by atoms with Crippen LogP contribution in [0.3, 0.4) is 0 Å². The molecule has 1 aliphatic rings. The topological polar surface area (TPSA) is 80.0 Å². The van der Waals surface area contributed by atoms with Crippen molar-refractivity contribution in [2.75, 3.05) is 24.6 Å². The zero-order valence-corrected chi connectivity index (χ0v) is 13.4. The van der Waals surface area contributed by atoms with E-state index >= 15 is 0 Å². The summed E-state index contributed by atoms with van der Waals surface area (Å²) >= 11 is 0. The van der Waals surface area contributed by atoms with Crippen molar-refractivity contribution in [2.24, 2.45) is 0 Å². The van der Waals surface area contributed by atoms with Gasteiger partial charge in [-0.25, -0.2) is 23.4 Å². The van der Waals surface area contributed by atoms with E-state index in [4.69, 9.17) is 5.11 Å². The first-order valence-corrected chi connectivity index (χ1v) is 7.57. The van der Waals surface area contributed by atoms with Crippen LogP contribution in [0.15, 0.2) is 0 Å². The summed E-state index contributed by atoms with van der Waals surface area (Å²) in [5.41, 5.74) is 0.514. The molecule has 3 heterocycles. The molecule has 0 bridgehead atoms. The molecule has 0 aliphatic carbocycles. The molecular formula is C14H20F2N6O. The second-order valence-electron chi connectivity index (χ2n) is 6.86. The van der Waals surface area contributed by atoms with E-state index in [1.165, 1.54) is 4.68 Å². The van der Waals surface area contributed by atoms with Crippen LogP contribution in [0.4, 0.5) is 14.6 Å². The molecule has 7 nitrogen and oxygen atoms in total. The Morgan fingerprint density at radius 1 is 1.26 bits per heavy atom. The van der Waals surface area contributed by atoms with Crippen LogP contribution in [-0.2, 0) is 12.0 Å². The minimum absolute atomic E-state index is 0.130. The van der Waals surface area contributed by atoms with Gasteiger partial charge in [0, 0.05) is 18.4 Å². The second-order valence-corrected chi connectivity index (χ2v) is 6.86. The molecule has 2 aromatic heterocycles. The van der Waals surface area contributed by atoms with Gasteiger partial charge in [-0.05, 0) is 0 Å². The summed E-state index contributed by atoms with van der Waals surface area (Å²) in [6.07, 6.45) is -0.203. The zero-order chi connectivity index (χ0) is 16.8. The van der Waals surface area contributed by atoms with E-state index < -0.39 is 5.92 Å². The van der Waals surface area contributed by atoms with Gasteiger partial charge in [0.25, 0.3) is 5.92 Å². The van der Waals surface area contributed by atoms with E-state index in [0.717, 1.165) is 0 Å². The van der Waals surface area contributed by atoms with Crippen molar-refractivity contribution < 1.29 is 13.9 Å². The third kappa shape index (κ3) is 2.97. The lowest BCUT2D eigenvalue weighted by molar-refractivity contribution is 0.0257. The van der Waals surface area contributed by atoms with Gasteiger partial charge in [-0.3, -0.25) is 0 Å². The van der Waals surface area contributed by atoms with Crippen molar-refractivity contribution in [1.82, 2.24) is 25.0 Å². The highest BCUT2D eigenvalue weighted by molar-refractivity contribution is 5.83. The Morgan fingerprint density at radius 3 is 2.57 bits per heavy atom. The number of halogens is 2. The van der Waals surface area contributed by atoms with Crippen molar-refractivity contribution in [3.05, 3.63) is 5.82 Å². The summed E-state index contributed by atoms with van der Waals surface area (Å²) < 4.78 is 28.7. The van der Waals surface area contributed by atoms with E-state index in [-0.39, 0.29) is 38.1 Å². The average Bonchev–Trinajstić information content (AvgIpc) is 3.01. The van der Waals surface area contributed by atoms with Crippen LogP contribution in [0.5, 0.6) is 0 Å². The zero-order valence-electron chi connectivity index (χ0n) is 13.4. The molecule has 1 aliphatic heterocycles. The molecular weight excluding hydrogens is 306 g/mol. The SMILES string of the molecule is CC(C)(C)c1nc(N2CCC(F)(F)C2)c2c(nnn2CCO)n1. The van der Waals surface area contributed by atoms with Crippen molar-refractivity contribution >= 4 is 17.0 Å². The van der Waals surface area contributed by atoms with Gasteiger partial charge in [-0.2, -0.15) is 0 Å². The Kier molecular flexibility index (Phi) is 3.70. The van der Waals surface area contributed by atoms with Crippen molar-refractivity contribution in [3.8, 4) is 0 Å². The lowest BCUT2D eigenvalue weighted by atomic mass is 9.96. The molecule has 1 saturated heterocycles. The summed E-state index contributed by atoms with van der Waals surface area (Å²) in [4.78, 5) is 10.5. The molecule has 0 atom stereocenters. The largest absolute Gasteiger partial charge is 0.394 e. The molecule has 9 heteroatoms. The predicted octanol–water partition coefficient (Wildman–Crippen LogP) is 1.36. The normalized spacial score (nSPS) is 18.1. The molecule has 2 aromatic rings. The number of aliphatic hydroxyl groups excluding tert-OH is 1. The van der Waals surface area contributed by atoms with E-state index in [1.54, 1.807) is 4.90 Å². The fourth-order valence-corrected chi connectivity index (χ4v) is 2.60. The number of anilines is 1. The minimum Gasteiger partial charge on any atom is -0.394 e. The van der Waals surface area contributed by atoms with E-state index in [9.17, 15) is 8.78 Å². The molecule has 0 radical (unpaired) electrons. The van der Waals surface area contributed by atoms with Crippen LogP contribution >= 0.6 is 0 Å². The van der Waals surface area contributed by atoms with Gasteiger partial charge in [0.1, 0.15) is 5.82 Å². The Morgan fingerprint density at radius 2 is 2.00 bits per heavy atom. The van der Waals surface area contributed by atoms with Crippen molar-refractivity contribution in [2.45, 2.75) is 45.1 Å². The van der Waals surface area contributed by atoms with Crippen LogP contribution in [0.25, 0.3) is 11.2 Å². The number of rotatable bonds is 3. The van der Waals surface area contributed by atoms with E-state index in [1.807, 2.05) is 20.8 Å². The Labute approximate surface area is 132 Å². The van der Waals surface area contributed by atoms with Gasteiger partial charge < -0.3 is 10.0 Å². The van der Waals surface area contributed by atoms with Crippen LogP contribution in [-0.4, -0.2) is 55.7 Å². The number of hydrogen-bond donors (Lipinski definition) is 1. The van der Waals surface area contributed by atoms with Crippen LogP contribution in [0.1, 0.15) is 33.0 Å². The molecule has 0 saturated carbocycles. The number of alkyl halides is 2. The van der Waals surface area contributed by atoms with Gasteiger partial charge in [0.15, 0.2) is 11.3 Å². The Hall–Kier alpha value is -1.90. The lowest BCUT2D eigenvalue weighted by Crippen LogP contribution is -2.28. The number of hydrogen-bond acceptors (Lipinski definition) is 6. The quantitative estimate of drug-likeness (QED) is 0.917. The number of aromatic nitrogens is 5. The first-order valence-electron chi connectivity index (χ1n) is 7.57. The maximum atomic E-state index is 13.6. The minimum atomic E-state index is -2.73. The maximum Gasteiger partial charge on any atom is 0.266 e. The van der Waals surface area contributed by atoms with E-state index in [2.05, 4.69) is 20.3 Å². The molecule has 0 unspecified atom stereocenters. The van der Waals surface area contributed by atoms with Crippen LogP contribution in [0, 0.1) is 0 Å². The highest BCUT2D eigenvalue weighted by Gasteiger charge is 2.40. The average molecular weight is 326 g/mol.